The summed E-state index contributed by atoms with van der Waals surface area (Å²) in [7, 11) is -4.19. The molecule has 182 valence electrons. The van der Waals surface area contributed by atoms with Crippen LogP contribution in [0.4, 0.5) is 0 Å². The van der Waals surface area contributed by atoms with Crippen LogP contribution in [-0.4, -0.2) is 30.8 Å². The smallest absolute Gasteiger partial charge is 0.265 e. The first-order chi connectivity index (χ1) is 15.9. The highest BCUT2D eigenvalue weighted by Crippen LogP contribution is 2.37. The van der Waals surface area contributed by atoms with Crippen LogP contribution in [-0.2, 0) is 10.1 Å². The first kappa shape index (κ1) is 25.7. The molecule has 1 atom stereocenters. The molecule has 0 aliphatic rings. The van der Waals surface area contributed by atoms with Crippen LogP contribution in [0.25, 0.3) is 0 Å². The summed E-state index contributed by atoms with van der Waals surface area (Å²) in [4.78, 5) is 0. The molecule has 0 saturated heterocycles. The van der Waals surface area contributed by atoms with Gasteiger partial charge in [0.1, 0.15) is 11.5 Å². The van der Waals surface area contributed by atoms with Crippen molar-refractivity contribution in [2.75, 3.05) is 12.3 Å². The van der Waals surface area contributed by atoms with Gasteiger partial charge in [0.25, 0.3) is 10.1 Å². The molecule has 0 bridgehead atoms. The van der Waals surface area contributed by atoms with Gasteiger partial charge in [-0.3, -0.25) is 4.55 Å². The minimum Gasteiger partial charge on any atom is -0.453 e. The summed E-state index contributed by atoms with van der Waals surface area (Å²) >= 11 is 0. The molecule has 0 radical (unpaired) electrons. The standard InChI is InChI=1S/C27H33NO5S/c1-19-6-11-23(12-7-19)32-25-15-10-21(16-26(25)33-24-13-8-20(2)9-14-24)22(18-34(29,30)31)17-28-27(3,4)5/h6-16,22,28H,17-18H2,1-5H3,(H,29,30,31). The third-order valence-electron chi connectivity index (χ3n) is 5.23. The summed E-state index contributed by atoms with van der Waals surface area (Å²) in [5.41, 5.74) is 2.73. The van der Waals surface area contributed by atoms with Gasteiger partial charge in [0.05, 0.1) is 5.75 Å². The van der Waals surface area contributed by atoms with E-state index in [0.29, 0.717) is 35.1 Å². The molecule has 0 aliphatic heterocycles. The lowest BCUT2D eigenvalue weighted by Gasteiger charge is -2.25. The van der Waals surface area contributed by atoms with Gasteiger partial charge in [-0.15, -0.1) is 0 Å². The molecule has 2 N–H and O–H groups in total. The first-order valence-electron chi connectivity index (χ1n) is 11.2. The quantitative estimate of drug-likeness (QED) is 0.350. The predicted molar refractivity (Wildman–Crippen MR) is 136 cm³/mol. The molecular formula is C27H33NO5S. The molecule has 0 fully saturated rings. The average molecular weight is 484 g/mol. The zero-order valence-electron chi connectivity index (χ0n) is 20.3. The molecule has 7 heteroatoms. The second-order valence-electron chi connectivity index (χ2n) is 9.61. The molecule has 0 saturated carbocycles. The van der Waals surface area contributed by atoms with E-state index in [1.807, 2.05) is 89.2 Å². The minimum atomic E-state index is -4.19. The van der Waals surface area contributed by atoms with Crippen LogP contribution < -0.4 is 14.8 Å². The first-order valence-corrected chi connectivity index (χ1v) is 12.8. The molecule has 1 unspecified atom stereocenters. The van der Waals surface area contributed by atoms with E-state index in [1.165, 1.54) is 0 Å². The van der Waals surface area contributed by atoms with E-state index in [-0.39, 0.29) is 5.54 Å². The molecule has 3 rings (SSSR count). The Hall–Kier alpha value is -2.87. The van der Waals surface area contributed by atoms with Crippen molar-refractivity contribution in [3.05, 3.63) is 83.4 Å². The number of hydrogen-bond donors (Lipinski definition) is 2. The molecule has 0 aromatic heterocycles. The minimum absolute atomic E-state index is 0.215. The van der Waals surface area contributed by atoms with Crippen molar-refractivity contribution in [1.29, 1.82) is 0 Å². The van der Waals surface area contributed by atoms with Crippen molar-refractivity contribution in [3.63, 3.8) is 0 Å². The summed E-state index contributed by atoms with van der Waals surface area (Å²) in [5.74, 6) is 1.37. The number of hydrogen-bond acceptors (Lipinski definition) is 5. The lowest BCUT2D eigenvalue weighted by Crippen LogP contribution is -2.39. The lowest BCUT2D eigenvalue weighted by molar-refractivity contribution is 0.403. The van der Waals surface area contributed by atoms with Crippen LogP contribution >= 0.6 is 0 Å². The molecule has 0 spiro atoms. The summed E-state index contributed by atoms with van der Waals surface area (Å²) in [5, 5.41) is 3.33. The number of aryl methyl sites for hydroxylation is 2. The summed E-state index contributed by atoms with van der Waals surface area (Å²) in [6, 6.07) is 20.7. The zero-order chi connectivity index (χ0) is 24.9. The molecule has 0 aliphatic carbocycles. The second-order valence-corrected chi connectivity index (χ2v) is 11.1. The maximum Gasteiger partial charge on any atom is 0.265 e. The molecule has 3 aromatic carbocycles. The largest absolute Gasteiger partial charge is 0.453 e. The number of ether oxygens (including phenoxy) is 2. The maximum atomic E-state index is 11.8. The maximum absolute atomic E-state index is 11.8. The second kappa shape index (κ2) is 10.6. The van der Waals surface area contributed by atoms with Gasteiger partial charge < -0.3 is 14.8 Å². The fourth-order valence-corrected chi connectivity index (χ4v) is 4.18. The summed E-state index contributed by atoms with van der Waals surface area (Å²) in [6.07, 6.45) is 0. The van der Waals surface area contributed by atoms with Gasteiger partial charge in [-0.05, 0) is 76.6 Å². The Morgan fingerprint density at radius 3 is 1.79 bits per heavy atom. The summed E-state index contributed by atoms with van der Waals surface area (Å²) in [6.45, 7) is 10.4. The van der Waals surface area contributed by atoms with E-state index in [2.05, 4.69) is 5.32 Å². The molecular weight excluding hydrogens is 450 g/mol. The van der Waals surface area contributed by atoms with E-state index in [4.69, 9.17) is 9.47 Å². The van der Waals surface area contributed by atoms with Gasteiger partial charge in [0.2, 0.25) is 0 Å². The topological polar surface area (TPSA) is 84.9 Å². The molecule has 3 aromatic rings. The van der Waals surface area contributed by atoms with E-state index in [9.17, 15) is 13.0 Å². The monoisotopic (exact) mass is 483 g/mol. The third kappa shape index (κ3) is 8.17. The zero-order valence-corrected chi connectivity index (χ0v) is 21.1. The van der Waals surface area contributed by atoms with Crippen molar-refractivity contribution >= 4 is 10.1 Å². The Labute approximate surface area is 202 Å². The average Bonchev–Trinajstić information content (AvgIpc) is 2.74. The van der Waals surface area contributed by atoms with Crippen LogP contribution in [0.15, 0.2) is 66.7 Å². The van der Waals surface area contributed by atoms with Gasteiger partial charge in [0.15, 0.2) is 11.5 Å². The van der Waals surface area contributed by atoms with Crippen LogP contribution in [0, 0.1) is 13.8 Å². The van der Waals surface area contributed by atoms with E-state index < -0.39 is 21.8 Å². The Morgan fingerprint density at radius 2 is 1.32 bits per heavy atom. The highest BCUT2D eigenvalue weighted by atomic mass is 32.2. The van der Waals surface area contributed by atoms with Crippen molar-refractivity contribution in [3.8, 4) is 23.0 Å². The molecule has 0 heterocycles. The van der Waals surface area contributed by atoms with Gasteiger partial charge in [-0.2, -0.15) is 8.42 Å². The van der Waals surface area contributed by atoms with Crippen molar-refractivity contribution in [2.45, 2.75) is 46.1 Å². The van der Waals surface area contributed by atoms with E-state index >= 15 is 0 Å². The Bertz CT molecular complexity index is 1200. The van der Waals surface area contributed by atoms with Crippen LogP contribution in [0.3, 0.4) is 0 Å². The van der Waals surface area contributed by atoms with Crippen molar-refractivity contribution in [2.24, 2.45) is 0 Å². The van der Waals surface area contributed by atoms with Gasteiger partial charge in [-0.1, -0.05) is 41.5 Å². The highest BCUT2D eigenvalue weighted by molar-refractivity contribution is 7.85. The molecule has 0 amide bonds. The van der Waals surface area contributed by atoms with Gasteiger partial charge in [0, 0.05) is 18.0 Å². The Morgan fingerprint density at radius 1 is 0.824 bits per heavy atom. The third-order valence-corrected chi connectivity index (χ3v) is 6.05. The van der Waals surface area contributed by atoms with Gasteiger partial charge >= 0.3 is 0 Å². The fraction of sp³-hybridized carbons (Fsp3) is 0.333. The predicted octanol–water partition coefficient (Wildman–Crippen LogP) is 6.25. The fourth-order valence-electron chi connectivity index (χ4n) is 3.37. The molecule has 6 nitrogen and oxygen atoms in total. The van der Waals surface area contributed by atoms with E-state index in [0.717, 1.165) is 11.1 Å². The SMILES string of the molecule is Cc1ccc(Oc2ccc(C(CNC(C)(C)C)CS(=O)(=O)O)cc2Oc2ccc(C)cc2)cc1. The van der Waals surface area contributed by atoms with E-state index in [1.54, 1.807) is 12.1 Å². The normalized spacial score (nSPS) is 12.9. The highest BCUT2D eigenvalue weighted by Gasteiger charge is 2.23. The Kier molecular flexibility index (Phi) is 8.02. The Balaban J connectivity index is 1.99. The van der Waals surface area contributed by atoms with Gasteiger partial charge in [-0.25, -0.2) is 0 Å². The van der Waals surface area contributed by atoms with Crippen LogP contribution in [0.5, 0.6) is 23.0 Å². The molecule has 34 heavy (non-hydrogen) atoms. The summed E-state index contributed by atoms with van der Waals surface area (Å²) < 4.78 is 45.4. The van der Waals surface area contributed by atoms with Crippen LogP contribution in [0.1, 0.15) is 43.4 Å². The van der Waals surface area contributed by atoms with Crippen molar-refractivity contribution < 1.29 is 22.4 Å². The number of nitrogens with one attached hydrogen (secondary N) is 1. The number of rotatable bonds is 9. The lowest BCUT2D eigenvalue weighted by atomic mass is 9.98. The van der Waals surface area contributed by atoms with Crippen LogP contribution in [0.2, 0.25) is 0 Å². The number of benzene rings is 3. The van der Waals surface area contributed by atoms with Crippen molar-refractivity contribution in [1.82, 2.24) is 5.32 Å².